The topological polar surface area (TPSA) is 3.24 Å². The minimum Gasteiger partial charge on any atom is -0.299 e. The average Bonchev–Trinajstić information content (AvgIpc) is 2.50. The number of hydrogen-bond acceptors (Lipinski definition) is 2. The summed E-state index contributed by atoms with van der Waals surface area (Å²) in [5, 5.41) is 0. The van der Waals surface area contributed by atoms with Crippen LogP contribution in [-0.4, -0.2) is 18.0 Å². The van der Waals surface area contributed by atoms with Crippen LogP contribution in [0.3, 0.4) is 0 Å². The second-order valence-corrected chi connectivity index (χ2v) is 4.80. The summed E-state index contributed by atoms with van der Waals surface area (Å²) in [6, 6.07) is 8.42. The van der Waals surface area contributed by atoms with E-state index in [1.54, 1.807) is 0 Å². The van der Waals surface area contributed by atoms with Crippen molar-refractivity contribution < 1.29 is 0 Å². The molecule has 0 bridgehead atoms. The average molecular weight is 221 g/mol. The highest BCUT2D eigenvalue weighted by Crippen LogP contribution is 2.17. The molecule has 0 spiro atoms. The van der Waals surface area contributed by atoms with Crippen molar-refractivity contribution in [2.45, 2.75) is 37.1 Å². The smallest absolute Gasteiger partial charge is 0.0244 e. The third kappa shape index (κ3) is 3.25. The lowest BCUT2D eigenvalue weighted by atomic mass is 10.2. The molecule has 1 aliphatic rings. The first-order valence-electron chi connectivity index (χ1n) is 5.85. The van der Waals surface area contributed by atoms with Gasteiger partial charge < -0.3 is 0 Å². The van der Waals surface area contributed by atoms with Crippen molar-refractivity contribution in [2.75, 3.05) is 13.1 Å². The lowest BCUT2D eigenvalue weighted by molar-refractivity contribution is 0.275. The Labute approximate surface area is 97.9 Å². The van der Waals surface area contributed by atoms with Crippen molar-refractivity contribution >= 4 is 12.6 Å². The highest BCUT2D eigenvalue weighted by molar-refractivity contribution is 7.80. The van der Waals surface area contributed by atoms with Gasteiger partial charge in [0, 0.05) is 11.4 Å². The van der Waals surface area contributed by atoms with Gasteiger partial charge in [-0.25, -0.2) is 0 Å². The minimum absolute atomic E-state index is 1.07. The zero-order chi connectivity index (χ0) is 10.5. The lowest BCUT2D eigenvalue weighted by Crippen LogP contribution is -2.24. The van der Waals surface area contributed by atoms with E-state index in [1.807, 2.05) is 6.07 Å². The van der Waals surface area contributed by atoms with Crippen molar-refractivity contribution in [2.24, 2.45) is 0 Å². The van der Waals surface area contributed by atoms with Gasteiger partial charge in [-0.1, -0.05) is 31.0 Å². The van der Waals surface area contributed by atoms with Crippen LogP contribution in [0, 0.1) is 0 Å². The van der Waals surface area contributed by atoms with E-state index in [1.165, 1.54) is 44.3 Å². The molecule has 2 rings (SSSR count). The second-order valence-electron chi connectivity index (χ2n) is 4.32. The van der Waals surface area contributed by atoms with E-state index in [0.717, 1.165) is 11.4 Å². The van der Waals surface area contributed by atoms with E-state index >= 15 is 0 Å². The number of hydrogen-bond donors (Lipinski definition) is 1. The number of nitrogens with zero attached hydrogens (tertiary/aromatic N) is 1. The van der Waals surface area contributed by atoms with E-state index in [9.17, 15) is 0 Å². The van der Waals surface area contributed by atoms with Crippen molar-refractivity contribution in [3.63, 3.8) is 0 Å². The molecule has 82 valence electrons. The van der Waals surface area contributed by atoms with Gasteiger partial charge in [0.15, 0.2) is 0 Å². The number of rotatable bonds is 2. The van der Waals surface area contributed by atoms with E-state index < -0.39 is 0 Å². The Morgan fingerprint density at radius 3 is 2.33 bits per heavy atom. The van der Waals surface area contributed by atoms with E-state index in [0.29, 0.717) is 0 Å². The molecule has 1 nitrogen and oxygen atoms in total. The first kappa shape index (κ1) is 11.0. The van der Waals surface area contributed by atoms with Gasteiger partial charge in [-0.15, -0.1) is 12.6 Å². The Balaban J connectivity index is 1.98. The third-order valence-electron chi connectivity index (χ3n) is 3.08. The molecule has 0 aliphatic carbocycles. The Bertz CT molecular complexity index is 303. The molecule has 0 atom stereocenters. The van der Waals surface area contributed by atoms with Crippen LogP contribution in [0.25, 0.3) is 0 Å². The second kappa shape index (κ2) is 5.57. The molecular formula is C13H19NS. The Morgan fingerprint density at radius 2 is 1.67 bits per heavy atom. The molecule has 1 aliphatic heterocycles. The molecule has 0 aromatic heterocycles. The van der Waals surface area contributed by atoms with Crippen LogP contribution in [0.1, 0.15) is 31.2 Å². The lowest BCUT2D eigenvalue weighted by Gasteiger charge is -2.20. The summed E-state index contributed by atoms with van der Waals surface area (Å²) in [6.45, 7) is 3.57. The Kier molecular flexibility index (Phi) is 4.09. The summed E-state index contributed by atoms with van der Waals surface area (Å²) in [5.74, 6) is 0. The van der Waals surface area contributed by atoms with Crippen LogP contribution in [0.5, 0.6) is 0 Å². The predicted octanol–water partition coefficient (Wildman–Crippen LogP) is 3.35. The number of likely N-dealkylation sites (tertiary alicyclic amines) is 1. The van der Waals surface area contributed by atoms with Crippen LogP contribution in [0.4, 0.5) is 0 Å². The summed E-state index contributed by atoms with van der Waals surface area (Å²) in [7, 11) is 0. The van der Waals surface area contributed by atoms with Crippen molar-refractivity contribution in [3.8, 4) is 0 Å². The highest BCUT2D eigenvalue weighted by atomic mass is 32.1. The number of thiol groups is 1. The fraction of sp³-hybridized carbons (Fsp3) is 0.538. The molecule has 1 saturated heterocycles. The van der Waals surface area contributed by atoms with Gasteiger partial charge in [-0.2, -0.15) is 0 Å². The normalized spacial score (nSPS) is 18.7. The van der Waals surface area contributed by atoms with Gasteiger partial charge in [0.05, 0.1) is 0 Å². The molecule has 0 amide bonds. The molecular weight excluding hydrogens is 202 g/mol. The molecule has 0 N–H and O–H groups in total. The molecule has 15 heavy (non-hydrogen) atoms. The molecule has 1 aromatic carbocycles. The molecule has 2 heteroatoms. The van der Waals surface area contributed by atoms with Crippen molar-refractivity contribution in [1.82, 2.24) is 4.90 Å². The van der Waals surface area contributed by atoms with E-state index in [4.69, 9.17) is 0 Å². The summed E-state index contributed by atoms with van der Waals surface area (Å²) < 4.78 is 0. The predicted molar refractivity (Wildman–Crippen MR) is 67.4 cm³/mol. The monoisotopic (exact) mass is 221 g/mol. The fourth-order valence-electron chi connectivity index (χ4n) is 2.18. The molecule has 0 unspecified atom stereocenters. The van der Waals surface area contributed by atoms with E-state index in [-0.39, 0.29) is 0 Å². The standard InChI is InChI=1S/C13H19NS/c15-13-8-4-3-7-12(13)11-14-9-5-1-2-6-10-14/h3-4,7-8,15H,1-2,5-6,9-11H2. The molecule has 1 aromatic rings. The maximum Gasteiger partial charge on any atom is 0.0244 e. The van der Waals surface area contributed by atoms with Gasteiger partial charge in [0.25, 0.3) is 0 Å². The summed E-state index contributed by atoms with van der Waals surface area (Å²) in [5.41, 5.74) is 1.36. The summed E-state index contributed by atoms with van der Waals surface area (Å²) >= 11 is 4.50. The zero-order valence-corrected chi connectivity index (χ0v) is 10.0. The van der Waals surface area contributed by atoms with Crippen LogP contribution < -0.4 is 0 Å². The molecule has 0 radical (unpaired) electrons. The SMILES string of the molecule is Sc1ccccc1CN1CCCCCC1. The Hall–Kier alpha value is -0.470. The van der Waals surface area contributed by atoms with Gasteiger partial charge >= 0.3 is 0 Å². The maximum atomic E-state index is 4.50. The Morgan fingerprint density at radius 1 is 1.00 bits per heavy atom. The number of benzene rings is 1. The molecule has 1 heterocycles. The molecule has 1 fully saturated rings. The third-order valence-corrected chi connectivity index (χ3v) is 3.52. The van der Waals surface area contributed by atoms with Crippen LogP contribution in [0.2, 0.25) is 0 Å². The zero-order valence-electron chi connectivity index (χ0n) is 9.15. The van der Waals surface area contributed by atoms with Crippen LogP contribution >= 0.6 is 12.6 Å². The van der Waals surface area contributed by atoms with Crippen LogP contribution in [0.15, 0.2) is 29.2 Å². The minimum atomic E-state index is 1.07. The van der Waals surface area contributed by atoms with Crippen molar-refractivity contribution in [1.29, 1.82) is 0 Å². The first-order valence-corrected chi connectivity index (χ1v) is 6.30. The summed E-state index contributed by atoms with van der Waals surface area (Å²) in [4.78, 5) is 3.68. The van der Waals surface area contributed by atoms with Gasteiger partial charge in [0.2, 0.25) is 0 Å². The van der Waals surface area contributed by atoms with Crippen molar-refractivity contribution in [3.05, 3.63) is 29.8 Å². The van der Waals surface area contributed by atoms with Crippen LogP contribution in [-0.2, 0) is 6.54 Å². The van der Waals surface area contributed by atoms with Gasteiger partial charge in [-0.05, 0) is 37.6 Å². The van der Waals surface area contributed by atoms with E-state index in [2.05, 4.69) is 35.7 Å². The molecule has 0 saturated carbocycles. The van der Waals surface area contributed by atoms with Gasteiger partial charge in [-0.3, -0.25) is 4.90 Å². The first-order chi connectivity index (χ1) is 7.36. The fourth-order valence-corrected chi connectivity index (χ4v) is 2.41. The largest absolute Gasteiger partial charge is 0.299 e. The highest BCUT2D eigenvalue weighted by Gasteiger charge is 2.10. The maximum absolute atomic E-state index is 4.50. The van der Waals surface area contributed by atoms with Gasteiger partial charge in [0.1, 0.15) is 0 Å². The quantitative estimate of drug-likeness (QED) is 0.750. The summed E-state index contributed by atoms with van der Waals surface area (Å²) in [6.07, 6.45) is 5.52.